The fourth-order valence-electron chi connectivity index (χ4n) is 2.73. The molecular weight excluding hydrogens is 322 g/mol. The van der Waals surface area contributed by atoms with Crippen LogP contribution in [-0.4, -0.2) is 32.2 Å². The monoisotopic (exact) mass is 346 g/mol. The number of quaternary nitrogens is 1. The van der Waals surface area contributed by atoms with Crippen molar-refractivity contribution in [3.8, 4) is 0 Å². The highest BCUT2D eigenvalue weighted by atomic mass is 35.5. The van der Waals surface area contributed by atoms with Crippen LogP contribution in [-0.2, 0) is 14.4 Å². The molecule has 0 heterocycles. The van der Waals surface area contributed by atoms with Gasteiger partial charge in [0.1, 0.15) is 13.2 Å². The van der Waals surface area contributed by atoms with E-state index in [4.69, 9.17) is 16.3 Å². The van der Waals surface area contributed by atoms with Gasteiger partial charge in [-0.05, 0) is 25.0 Å². The van der Waals surface area contributed by atoms with Crippen LogP contribution < -0.4 is 4.90 Å². The zero-order valence-corrected chi connectivity index (χ0v) is 15.1. The lowest BCUT2D eigenvalue weighted by Gasteiger charge is -2.26. The van der Waals surface area contributed by atoms with Crippen molar-refractivity contribution in [1.29, 1.82) is 0 Å². The highest BCUT2D eigenvalue weighted by Gasteiger charge is 2.41. The number of likely N-dealkylation sites (N-methyl/N-ethyl adjacent to an activating group) is 1. The van der Waals surface area contributed by atoms with Crippen molar-refractivity contribution in [3.05, 3.63) is 71.8 Å². The lowest BCUT2D eigenvalue weighted by atomic mass is 9.90. The number of alkyl halides is 1. The molecule has 24 heavy (non-hydrogen) atoms. The number of esters is 1. The maximum Gasteiger partial charge on any atom is 0.336 e. The number of benzene rings is 2. The van der Waals surface area contributed by atoms with Gasteiger partial charge in [0.05, 0.1) is 13.1 Å². The molecule has 0 atom stereocenters. The number of hydrogen-bond acceptors (Lipinski definition) is 2. The first-order valence-corrected chi connectivity index (χ1v) is 8.81. The fourth-order valence-corrected chi connectivity index (χ4v) is 3.04. The van der Waals surface area contributed by atoms with Crippen LogP contribution in [0.25, 0.3) is 0 Å². The smallest absolute Gasteiger partial charge is 0.336 e. The molecule has 3 nitrogen and oxygen atoms in total. The van der Waals surface area contributed by atoms with Crippen molar-refractivity contribution >= 4 is 17.6 Å². The summed E-state index contributed by atoms with van der Waals surface area (Å²) in [5, 5.41) is 0. The van der Waals surface area contributed by atoms with Crippen LogP contribution in [0.3, 0.4) is 0 Å². The Balaban J connectivity index is 2.22. The van der Waals surface area contributed by atoms with Crippen LogP contribution in [0.1, 0.15) is 25.0 Å². The van der Waals surface area contributed by atoms with Gasteiger partial charge >= 0.3 is 5.97 Å². The second-order valence-corrected chi connectivity index (χ2v) is 6.30. The summed E-state index contributed by atoms with van der Waals surface area (Å²) in [7, 11) is 0. The van der Waals surface area contributed by atoms with E-state index in [2.05, 4.69) is 13.8 Å². The second kappa shape index (κ2) is 8.86. The maximum atomic E-state index is 12.9. The Labute approximate surface area is 149 Å². The first-order chi connectivity index (χ1) is 11.6. The second-order valence-electron chi connectivity index (χ2n) is 5.73. The van der Waals surface area contributed by atoms with Crippen LogP contribution in [0, 0.1) is 0 Å². The van der Waals surface area contributed by atoms with Gasteiger partial charge in [-0.3, -0.25) is 0 Å². The third-order valence-electron chi connectivity index (χ3n) is 4.31. The van der Waals surface area contributed by atoms with Gasteiger partial charge in [0, 0.05) is 0 Å². The summed E-state index contributed by atoms with van der Waals surface area (Å²) >= 11 is 6.84. The van der Waals surface area contributed by atoms with Gasteiger partial charge in [-0.15, -0.1) is 0 Å². The molecule has 0 saturated heterocycles. The van der Waals surface area contributed by atoms with Crippen LogP contribution in [0.4, 0.5) is 0 Å². The van der Waals surface area contributed by atoms with Gasteiger partial charge in [0.25, 0.3) is 0 Å². The minimum atomic E-state index is -1.32. The Kier molecular flexibility index (Phi) is 6.83. The highest BCUT2D eigenvalue weighted by Crippen LogP contribution is 2.37. The molecule has 0 saturated carbocycles. The van der Waals surface area contributed by atoms with Crippen LogP contribution in [0.5, 0.6) is 0 Å². The summed E-state index contributed by atoms with van der Waals surface area (Å²) in [5.41, 5.74) is 1.44. The molecule has 2 aromatic carbocycles. The zero-order chi connectivity index (χ0) is 17.4. The fraction of sp³-hybridized carbons (Fsp3) is 0.350. The molecule has 2 rings (SSSR count). The zero-order valence-electron chi connectivity index (χ0n) is 14.3. The van der Waals surface area contributed by atoms with Crippen molar-refractivity contribution in [2.24, 2.45) is 0 Å². The average molecular weight is 347 g/mol. The first-order valence-electron chi connectivity index (χ1n) is 8.43. The van der Waals surface area contributed by atoms with E-state index in [0.717, 1.165) is 30.8 Å². The minimum absolute atomic E-state index is 0.365. The summed E-state index contributed by atoms with van der Waals surface area (Å²) in [6.07, 6.45) is 0. The van der Waals surface area contributed by atoms with E-state index in [1.807, 2.05) is 60.7 Å². The molecular formula is C20H25ClNO2+. The van der Waals surface area contributed by atoms with E-state index in [1.165, 1.54) is 4.90 Å². The number of nitrogens with one attached hydrogen (secondary N) is 1. The standard InChI is InChI=1S/C20H24ClNO2/c1-3-22(4-2)15-16-24-19(23)20(21,17-11-7-5-8-12-17)18-13-9-6-10-14-18/h5-14H,3-4,15-16H2,1-2H3/p+1. The number of ether oxygens (including phenoxy) is 1. The molecule has 0 aliphatic rings. The van der Waals surface area contributed by atoms with E-state index >= 15 is 0 Å². The molecule has 0 radical (unpaired) electrons. The van der Waals surface area contributed by atoms with Crippen molar-refractivity contribution in [2.45, 2.75) is 18.7 Å². The molecule has 0 spiro atoms. The SMILES string of the molecule is CC[NH+](CC)CCOC(=O)C(Cl)(c1ccccc1)c1ccccc1. The lowest BCUT2D eigenvalue weighted by Crippen LogP contribution is -3.11. The topological polar surface area (TPSA) is 30.7 Å². The number of rotatable bonds is 8. The maximum absolute atomic E-state index is 12.9. The average Bonchev–Trinajstić information content (AvgIpc) is 2.65. The van der Waals surface area contributed by atoms with Crippen LogP contribution in [0.15, 0.2) is 60.7 Å². The molecule has 2 aromatic rings. The number of hydrogen-bond donors (Lipinski definition) is 1. The van der Waals surface area contributed by atoms with Gasteiger partial charge in [-0.2, -0.15) is 0 Å². The van der Waals surface area contributed by atoms with Gasteiger partial charge in [0.15, 0.2) is 4.87 Å². The quantitative estimate of drug-likeness (QED) is 0.588. The third kappa shape index (κ3) is 4.16. The summed E-state index contributed by atoms with van der Waals surface area (Å²) in [4.78, 5) is 12.9. The summed E-state index contributed by atoms with van der Waals surface area (Å²) in [6, 6.07) is 18.8. The molecule has 128 valence electrons. The molecule has 0 fully saturated rings. The number of carbonyl (C=O) groups excluding carboxylic acids is 1. The van der Waals surface area contributed by atoms with Crippen molar-refractivity contribution < 1.29 is 14.4 Å². The summed E-state index contributed by atoms with van der Waals surface area (Å²) in [5.74, 6) is -0.423. The molecule has 0 unspecified atom stereocenters. The molecule has 0 aliphatic carbocycles. The first kappa shape index (κ1) is 18.5. The van der Waals surface area contributed by atoms with Gasteiger partial charge in [0.2, 0.25) is 0 Å². The van der Waals surface area contributed by atoms with Gasteiger partial charge in [-0.25, -0.2) is 4.79 Å². The third-order valence-corrected chi connectivity index (χ3v) is 4.90. The Morgan fingerprint density at radius 2 is 1.42 bits per heavy atom. The number of halogens is 1. The molecule has 0 amide bonds. The Bertz CT molecular complexity index is 587. The van der Waals surface area contributed by atoms with Crippen LogP contribution >= 0.6 is 11.6 Å². The largest absolute Gasteiger partial charge is 0.458 e. The molecule has 0 bridgehead atoms. The normalized spacial score (nSPS) is 11.5. The molecule has 4 heteroatoms. The highest BCUT2D eigenvalue weighted by molar-refractivity contribution is 6.36. The molecule has 0 aliphatic heterocycles. The summed E-state index contributed by atoms with van der Waals surface area (Å²) < 4.78 is 5.56. The predicted octanol–water partition coefficient (Wildman–Crippen LogP) is 2.64. The van der Waals surface area contributed by atoms with Crippen molar-refractivity contribution in [1.82, 2.24) is 0 Å². The lowest BCUT2D eigenvalue weighted by molar-refractivity contribution is -0.896. The molecule has 0 aromatic heterocycles. The van der Waals surface area contributed by atoms with Crippen LogP contribution in [0.2, 0.25) is 0 Å². The van der Waals surface area contributed by atoms with Crippen molar-refractivity contribution in [2.75, 3.05) is 26.2 Å². The van der Waals surface area contributed by atoms with E-state index in [-0.39, 0.29) is 0 Å². The van der Waals surface area contributed by atoms with E-state index in [0.29, 0.717) is 6.61 Å². The van der Waals surface area contributed by atoms with Gasteiger partial charge < -0.3 is 9.64 Å². The Morgan fingerprint density at radius 1 is 0.958 bits per heavy atom. The minimum Gasteiger partial charge on any atom is -0.458 e. The van der Waals surface area contributed by atoms with Crippen molar-refractivity contribution in [3.63, 3.8) is 0 Å². The number of carbonyl (C=O) groups is 1. The van der Waals surface area contributed by atoms with E-state index in [1.54, 1.807) is 0 Å². The van der Waals surface area contributed by atoms with E-state index in [9.17, 15) is 4.79 Å². The van der Waals surface area contributed by atoms with E-state index < -0.39 is 10.8 Å². The Hall–Kier alpha value is -1.84. The summed E-state index contributed by atoms with van der Waals surface area (Å²) in [6.45, 7) is 7.43. The molecule has 1 N–H and O–H groups in total. The predicted molar refractivity (Wildman–Crippen MR) is 97.4 cm³/mol. The van der Waals surface area contributed by atoms with Gasteiger partial charge in [-0.1, -0.05) is 72.3 Å². The Morgan fingerprint density at radius 3 is 1.83 bits per heavy atom.